The molecule has 0 aliphatic rings. The van der Waals surface area contributed by atoms with Gasteiger partial charge in [0.1, 0.15) is 11.3 Å². The van der Waals surface area contributed by atoms with Gasteiger partial charge in [-0.15, -0.1) is 0 Å². The quantitative estimate of drug-likeness (QED) is 0.864. The molecule has 0 unspecified atom stereocenters. The Morgan fingerprint density at radius 1 is 1.29 bits per heavy atom. The number of hydrogen-bond acceptors (Lipinski definition) is 4. The Balaban J connectivity index is 2.82. The highest BCUT2D eigenvalue weighted by Crippen LogP contribution is 2.13. The van der Waals surface area contributed by atoms with Crippen LogP contribution in [0.1, 0.15) is 40.3 Å². The number of Topliss-reactive ketones (excluding diaryl/α,β-unsaturated/α-hetero) is 1. The van der Waals surface area contributed by atoms with E-state index in [1.54, 1.807) is 12.1 Å². The summed E-state index contributed by atoms with van der Waals surface area (Å²) in [6.45, 7) is 3.19. The number of aromatic carboxylic acids is 1. The van der Waals surface area contributed by atoms with Gasteiger partial charge in [0.05, 0.1) is 5.69 Å². The van der Waals surface area contributed by atoms with Crippen LogP contribution in [0.4, 0.5) is 0 Å². The van der Waals surface area contributed by atoms with E-state index < -0.39 is 22.9 Å². The Kier molecular flexibility index (Phi) is 3.98. The standard InChI is InChI=1S/C15H14N2O4/c1-3-10-6-4-5-7-13(10)17-14(19)11(15(20)21)8-12(16-17)9(2)18/h4-8H,3H2,1-2H3,(H,20,21). The number of hydrogen-bond donors (Lipinski definition) is 1. The van der Waals surface area contributed by atoms with Crippen LogP contribution in [0.3, 0.4) is 0 Å². The lowest BCUT2D eigenvalue weighted by Gasteiger charge is -2.11. The van der Waals surface area contributed by atoms with Crippen LogP contribution in [-0.2, 0) is 6.42 Å². The molecule has 0 saturated carbocycles. The molecule has 0 saturated heterocycles. The normalized spacial score (nSPS) is 10.4. The van der Waals surface area contributed by atoms with E-state index in [4.69, 9.17) is 5.11 Å². The van der Waals surface area contributed by atoms with Crippen molar-refractivity contribution in [3.63, 3.8) is 0 Å². The van der Waals surface area contributed by atoms with Crippen LogP contribution in [0.15, 0.2) is 35.1 Å². The van der Waals surface area contributed by atoms with Crippen LogP contribution in [0, 0.1) is 0 Å². The fourth-order valence-electron chi connectivity index (χ4n) is 2.00. The fraction of sp³-hybridized carbons (Fsp3) is 0.200. The van der Waals surface area contributed by atoms with Gasteiger partial charge in [0.15, 0.2) is 5.78 Å². The van der Waals surface area contributed by atoms with Crippen LogP contribution in [0.25, 0.3) is 5.69 Å². The molecule has 6 nitrogen and oxygen atoms in total. The maximum absolute atomic E-state index is 12.3. The van der Waals surface area contributed by atoms with Crippen molar-refractivity contribution in [1.82, 2.24) is 9.78 Å². The molecule has 6 heteroatoms. The largest absolute Gasteiger partial charge is 0.477 e. The first-order valence-corrected chi connectivity index (χ1v) is 6.42. The number of ketones is 1. The number of carbonyl (C=O) groups is 2. The number of aryl methyl sites for hydroxylation is 1. The minimum atomic E-state index is -1.38. The van der Waals surface area contributed by atoms with Crippen molar-refractivity contribution in [3.8, 4) is 5.69 Å². The van der Waals surface area contributed by atoms with Gasteiger partial charge >= 0.3 is 5.97 Å². The molecule has 2 aromatic rings. The summed E-state index contributed by atoms with van der Waals surface area (Å²) in [5.41, 5.74) is 0.0344. The predicted molar refractivity (Wildman–Crippen MR) is 76.2 cm³/mol. The van der Waals surface area contributed by atoms with Gasteiger partial charge in [-0.05, 0) is 24.1 Å². The second-order valence-corrected chi connectivity index (χ2v) is 4.50. The number of carbonyl (C=O) groups excluding carboxylic acids is 1. The van der Waals surface area contributed by atoms with Gasteiger partial charge in [-0.3, -0.25) is 9.59 Å². The third-order valence-corrected chi connectivity index (χ3v) is 3.10. The molecule has 0 atom stereocenters. The average Bonchev–Trinajstić information content (AvgIpc) is 2.46. The zero-order chi connectivity index (χ0) is 15.6. The summed E-state index contributed by atoms with van der Waals surface area (Å²) < 4.78 is 0.985. The molecular weight excluding hydrogens is 272 g/mol. The Hall–Kier alpha value is -2.76. The van der Waals surface area contributed by atoms with Crippen molar-refractivity contribution in [3.05, 3.63) is 57.5 Å². The molecule has 108 valence electrons. The van der Waals surface area contributed by atoms with E-state index in [-0.39, 0.29) is 5.69 Å². The summed E-state index contributed by atoms with van der Waals surface area (Å²) >= 11 is 0. The summed E-state index contributed by atoms with van der Waals surface area (Å²) in [6, 6.07) is 8.05. The maximum Gasteiger partial charge on any atom is 0.341 e. The zero-order valence-electron chi connectivity index (χ0n) is 11.7. The number of nitrogens with zero attached hydrogens (tertiary/aromatic N) is 2. The SMILES string of the molecule is CCc1ccccc1-n1nc(C(C)=O)cc(C(=O)O)c1=O. The van der Waals surface area contributed by atoms with E-state index in [1.165, 1.54) is 6.92 Å². The van der Waals surface area contributed by atoms with Gasteiger partial charge in [0.2, 0.25) is 0 Å². The maximum atomic E-state index is 12.3. The number of carboxylic acid groups (broad SMARTS) is 1. The lowest BCUT2D eigenvalue weighted by molar-refractivity contribution is 0.0694. The van der Waals surface area contributed by atoms with Crippen LogP contribution >= 0.6 is 0 Å². The van der Waals surface area contributed by atoms with E-state index in [2.05, 4.69) is 5.10 Å². The van der Waals surface area contributed by atoms with Gasteiger partial charge < -0.3 is 5.11 Å². The van der Waals surface area contributed by atoms with Crippen molar-refractivity contribution in [2.75, 3.05) is 0 Å². The topological polar surface area (TPSA) is 89.3 Å². The average molecular weight is 286 g/mol. The molecule has 1 aromatic heterocycles. The molecule has 0 aliphatic carbocycles. The second kappa shape index (κ2) is 5.70. The Labute approximate surface area is 120 Å². The predicted octanol–water partition coefficient (Wildman–Crippen LogP) is 1.70. The highest BCUT2D eigenvalue weighted by molar-refractivity contribution is 5.95. The number of benzene rings is 1. The first-order chi connectivity index (χ1) is 9.95. The number of aromatic nitrogens is 2. The molecule has 0 radical (unpaired) electrons. The second-order valence-electron chi connectivity index (χ2n) is 4.50. The Bertz CT molecular complexity index is 777. The fourth-order valence-corrected chi connectivity index (χ4v) is 2.00. The van der Waals surface area contributed by atoms with Gasteiger partial charge in [0, 0.05) is 6.92 Å². The lowest BCUT2D eigenvalue weighted by atomic mass is 10.1. The van der Waals surface area contributed by atoms with Crippen molar-refractivity contribution >= 4 is 11.8 Å². The van der Waals surface area contributed by atoms with Crippen LogP contribution < -0.4 is 5.56 Å². The first-order valence-electron chi connectivity index (χ1n) is 6.42. The van der Waals surface area contributed by atoms with Gasteiger partial charge in [0.25, 0.3) is 5.56 Å². The summed E-state index contributed by atoms with van der Waals surface area (Å²) in [7, 11) is 0. The van der Waals surface area contributed by atoms with Crippen molar-refractivity contribution in [1.29, 1.82) is 0 Å². The number of para-hydroxylation sites is 1. The van der Waals surface area contributed by atoms with Crippen molar-refractivity contribution in [2.45, 2.75) is 20.3 Å². The monoisotopic (exact) mass is 286 g/mol. The highest BCUT2D eigenvalue weighted by Gasteiger charge is 2.18. The van der Waals surface area contributed by atoms with Gasteiger partial charge in [-0.25, -0.2) is 4.79 Å². The first kappa shape index (κ1) is 14.6. The molecule has 0 spiro atoms. The molecule has 1 heterocycles. The van der Waals surface area contributed by atoms with Crippen LogP contribution in [0.2, 0.25) is 0 Å². The number of carboxylic acids is 1. The summed E-state index contributed by atoms with van der Waals surface area (Å²) in [5.74, 6) is -1.78. The third kappa shape index (κ3) is 2.74. The highest BCUT2D eigenvalue weighted by atomic mass is 16.4. The van der Waals surface area contributed by atoms with Crippen molar-refractivity contribution in [2.24, 2.45) is 0 Å². The van der Waals surface area contributed by atoms with E-state index in [0.29, 0.717) is 12.1 Å². The lowest BCUT2D eigenvalue weighted by Crippen LogP contribution is -2.29. The molecule has 1 N–H and O–H groups in total. The third-order valence-electron chi connectivity index (χ3n) is 3.10. The van der Waals surface area contributed by atoms with E-state index in [0.717, 1.165) is 16.3 Å². The molecule has 0 aliphatic heterocycles. The van der Waals surface area contributed by atoms with Crippen LogP contribution in [-0.4, -0.2) is 26.6 Å². The van der Waals surface area contributed by atoms with Gasteiger partial charge in [-0.2, -0.15) is 9.78 Å². The minimum absolute atomic E-state index is 0.0575. The number of rotatable bonds is 4. The molecule has 21 heavy (non-hydrogen) atoms. The minimum Gasteiger partial charge on any atom is -0.477 e. The van der Waals surface area contributed by atoms with Crippen LogP contribution in [0.5, 0.6) is 0 Å². The van der Waals surface area contributed by atoms with Gasteiger partial charge in [-0.1, -0.05) is 25.1 Å². The molecular formula is C15H14N2O4. The molecule has 1 aromatic carbocycles. The zero-order valence-corrected chi connectivity index (χ0v) is 11.7. The Morgan fingerprint density at radius 3 is 2.52 bits per heavy atom. The molecule has 2 rings (SSSR count). The molecule has 0 bridgehead atoms. The smallest absolute Gasteiger partial charge is 0.341 e. The summed E-state index contributed by atoms with van der Waals surface area (Å²) in [5, 5.41) is 13.1. The Morgan fingerprint density at radius 2 is 1.95 bits per heavy atom. The summed E-state index contributed by atoms with van der Waals surface area (Å²) in [4.78, 5) is 34.9. The van der Waals surface area contributed by atoms with E-state index >= 15 is 0 Å². The van der Waals surface area contributed by atoms with E-state index in [9.17, 15) is 14.4 Å². The van der Waals surface area contributed by atoms with Crippen molar-refractivity contribution < 1.29 is 14.7 Å². The molecule has 0 fully saturated rings. The summed E-state index contributed by atoms with van der Waals surface area (Å²) in [6.07, 6.45) is 0.650. The molecule has 0 amide bonds. The van der Waals surface area contributed by atoms with E-state index in [1.807, 2.05) is 19.1 Å².